The Kier molecular flexibility index (Phi) is 3.23. The summed E-state index contributed by atoms with van der Waals surface area (Å²) in [6.07, 6.45) is 0. The zero-order chi connectivity index (χ0) is 15.0. The van der Waals surface area contributed by atoms with E-state index in [1.165, 1.54) is 0 Å². The molecule has 6 nitrogen and oxygen atoms in total. The maximum absolute atomic E-state index is 5.36. The van der Waals surface area contributed by atoms with Crippen LogP contribution in [0, 0.1) is 0 Å². The van der Waals surface area contributed by atoms with Crippen molar-refractivity contribution in [2.24, 2.45) is 0 Å². The summed E-state index contributed by atoms with van der Waals surface area (Å²) in [5.41, 5.74) is 0.794. The molecule has 0 amide bonds. The number of fused-ring (bicyclic) bond motifs is 1. The van der Waals surface area contributed by atoms with Gasteiger partial charge in [-0.25, -0.2) is 0 Å². The van der Waals surface area contributed by atoms with Crippen LogP contribution in [0.25, 0.3) is 0 Å². The Morgan fingerprint density at radius 1 is 1.19 bits per heavy atom. The summed E-state index contributed by atoms with van der Waals surface area (Å²) in [7, 11) is 0. The van der Waals surface area contributed by atoms with Crippen molar-refractivity contribution in [2.75, 3.05) is 12.1 Å². The molecule has 1 aliphatic rings. The SMILES string of the molecule is C[C@@H](Nc1ccc2c(c1)OCO2)c1nc(C(C)(C)C)no1. The molecule has 2 heterocycles. The fourth-order valence-electron chi connectivity index (χ4n) is 2.01. The van der Waals surface area contributed by atoms with Crippen molar-refractivity contribution in [1.82, 2.24) is 10.1 Å². The Hall–Kier alpha value is -2.24. The van der Waals surface area contributed by atoms with E-state index in [1.54, 1.807) is 0 Å². The fraction of sp³-hybridized carbons (Fsp3) is 0.467. The fourth-order valence-corrected chi connectivity index (χ4v) is 2.01. The molecule has 2 aromatic rings. The highest BCUT2D eigenvalue weighted by molar-refractivity contribution is 5.56. The average molecular weight is 289 g/mol. The Balaban J connectivity index is 1.74. The van der Waals surface area contributed by atoms with E-state index in [9.17, 15) is 0 Å². The second kappa shape index (κ2) is 4.95. The smallest absolute Gasteiger partial charge is 0.248 e. The number of hydrogen-bond donors (Lipinski definition) is 1. The van der Waals surface area contributed by atoms with Crippen molar-refractivity contribution in [2.45, 2.75) is 39.2 Å². The van der Waals surface area contributed by atoms with Crippen molar-refractivity contribution in [3.63, 3.8) is 0 Å². The largest absolute Gasteiger partial charge is 0.454 e. The summed E-state index contributed by atoms with van der Waals surface area (Å²) in [5, 5.41) is 7.36. The number of ether oxygens (including phenoxy) is 2. The molecule has 0 radical (unpaired) electrons. The summed E-state index contributed by atoms with van der Waals surface area (Å²) in [6.45, 7) is 8.41. The first-order chi connectivity index (χ1) is 9.93. The van der Waals surface area contributed by atoms with Gasteiger partial charge < -0.3 is 19.3 Å². The van der Waals surface area contributed by atoms with Gasteiger partial charge in [-0.3, -0.25) is 0 Å². The molecule has 0 bridgehead atoms. The average Bonchev–Trinajstić information content (AvgIpc) is 3.06. The van der Waals surface area contributed by atoms with Crippen molar-refractivity contribution in [3.8, 4) is 11.5 Å². The van der Waals surface area contributed by atoms with Crippen LogP contribution >= 0.6 is 0 Å². The van der Waals surface area contributed by atoms with E-state index in [2.05, 4.69) is 36.2 Å². The van der Waals surface area contributed by atoms with Crippen molar-refractivity contribution in [1.29, 1.82) is 0 Å². The maximum Gasteiger partial charge on any atom is 0.248 e. The zero-order valence-corrected chi connectivity index (χ0v) is 12.6. The molecule has 1 N–H and O–H groups in total. The third-order valence-corrected chi connectivity index (χ3v) is 3.24. The van der Waals surface area contributed by atoms with E-state index in [0.29, 0.717) is 11.7 Å². The summed E-state index contributed by atoms with van der Waals surface area (Å²) < 4.78 is 16.0. The van der Waals surface area contributed by atoms with Crippen LogP contribution in [0.2, 0.25) is 0 Å². The van der Waals surface area contributed by atoms with Crippen LogP contribution in [-0.4, -0.2) is 16.9 Å². The lowest BCUT2D eigenvalue weighted by molar-refractivity contribution is 0.174. The Bertz CT molecular complexity index is 646. The minimum atomic E-state index is -0.125. The molecule has 0 aliphatic carbocycles. The van der Waals surface area contributed by atoms with Gasteiger partial charge in [-0.1, -0.05) is 25.9 Å². The summed E-state index contributed by atoms with van der Waals surface area (Å²) in [4.78, 5) is 4.45. The lowest BCUT2D eigenvalue weighted by atomic mass is 9.96. The molecular weight excluding hydrogens is 270 g/mol. The van der Waals surface area contributed by atoms with E-state index < -0.39 is 0 Å². The van der Waals surface area contributed by atoms with Gasteiger partial charge in [0.1, 0.15) is 6.04 Å². The number of anilines is 1. The van der Waals surface area contributed by atoms with Crippen molar-refractivity contribution < 1.29 is 14.0 Å². The van der Waals surface area contributed by atoms with Gasteiger partial charge in [0.25, 0.3) is 0 Å². The Morgan fingerprint density at radius 2 is 1.95 bits per heavy atom. The first kappa shape index (κ1) is 13.7. The molecule has 1 atom stereocenters. The highest BCUT2D eigenvalue weighted by atomic mass is 16.7. The van der Waals surface area contributed by atoms with E-state index in [1.807, 2.05) is 25.1 Å². The van der Waals surface area contributed by atoms with Gasteiger partial charge in [0.2, 0.25) is 12.7 Å². The maximum atomic E-state index is 5.36. The predicted molar refractivity (Wildman–Crippen MR) is 77.6 cm³/mol. The zero-order valence-electron chi connectivity index (χ0n) is 12.6. The van der Waals surface area contributed by atoms with Crippen LogP contribution in [0.1, 0.15) is 45.5 Å². The van der Waals surface area contributed by atoms with Crippen LogP contribution in [0.4, 0.5) is 5.69 Å². The first-order valence-corrected chi connectivity index (χ1v) is 6.94. The van der Waals surface area contributed by atoms with E-state index in [-0.39, 0.29) is 18.2 Å². The number of hydrogen-bond acceptors (Lipinski definition) is 6. The third-order valence-electron chi connectivity index (χ3n) is 3.24. The summed E-state index contributed by atoms with van der Waals surface area (Å²) in [5.74, 6) is 2.78. The van der Waals surface area contributed by atoms with E-state index in [0.717, 1.165) is 17.2 Å². The minimum absolute atomic E-state index is 0.0889. The Morgan fingerprint density at radius 3 is 2.67 bits per heavy atom. The van der Waals surface area contributed by atoms with Gasteiger partial charge in [-0.05, 0) is 19.1 Å². The second-order valence-electron chi connectivity index (χ2n) is 6.14. The molecule has 1 aliphatic heterocycles. The van der Waals surface area contributed by atoms with Crippen LogP contribution in [-0.2, 0) is 5.41 Å². The normalized spacial score (nSPS) is 15.0. The van der Waals surface area contributed by atoms with Gasteiger partial charge in [-0.15, -0.1) is 0 Å². The third kappa shape index (κ3) is 2.79. The minimum Gasteiger partial charge on any atom is -0.454 e. The lowest BCUT2D eigenvalue weighted by Gasteiger charge is -2.13. The molecule has 0 saturated heterocycles. The number of benzene rings is 1. The van der Waals surface area contributed by atoms with Crippen LogP contribution in [0.3, 0.4) is 0 Å². The van der Waals surface area contributed by atoms with Crippen molar-refractivity contribution in [3.05, 3.63) is 29.9 Å². The summed E-state index contributed by atoms with van der Waals surface area (Å²) in [6, 6.07) is 5.63. The van der Waals surface area contributed by atoms with Crippen LogP contribution in [0.15, 0.2) is 22.7 Å². The molecule has 3 rings (SSSR count). The molecule has 1 aromatic heterocycles. The number of aromatic nitrogens is 2. The first-order valence-electron chi connectivity index (χ1n) is 6.94. The monoisotopic (exact) mass is 289 g/mol. The molecule has 0 unspecified atom stereocenters. The molecule has 0 saturated carbocycles. The van der Waals surface area contributed by atoms with Gasteiger partial charge in [-0.2, -0.15) is 4.98 Å². The quantitative estimate of drug-likeness (QED) is 0.935. The second-order valence-corrected chi connectivity index (χ2v) is 6.14. The topological polar surface area (TPSA) is 69.4 Å². The molecule has 21 heavy (non-hydrogen) atoms. The molecule has 0 fully saturated rings. The Labute approximate surface area is 123 Å². The molecule has 6 heteroatoms. The molecule has 0 spiro atoms. The molecular formula is C15H19N3O3. The predicted octanol–water partition coefficient (Wildman–Crippen LogP) is 3.27. The highest BCUT2D eigenvalue weighted by Gasteiger charge is 2.23. The summed E-state index contributed by atoms with van der Waals surface area (Å²) >= 11 is 0. The number of rotatable bonds is 3. The van der Waals surface area contributed by atoms with Gasteiger partial charge >= 0.3 is 0 Å². The number of nitrogens with zero attached hydrogens (tertiary/aromatic N) is 2. The molecule has 112 valence electrons. The highest BCUT2D eigenvalue weighted by Crippen LogP contribution is 2.35. The van der Waals surface area contributed by atoms with Gasteiger partial charge in [0, 0.05) is 17.2 Å². The van der Waals surface area contributed by atoms with E-state index in [4.69, 9.17) is 14.0 Å². The van der Waals surface area contributed by atoms with Crippen molar-refractivity contribution >= 4 is 5.69 Å². The molecule has 1 aromatic carbocycles. The van der Waals surface area contributed by atoms with Crippen LogP contribution < -0.4 is 14.8 Å². The lowest BCUT2D eigenvalue weighted by Crippen LogP contribution is -2.14. The standard InChI is InChI=1S/C15H19N3O3/c1-9(13-17-14(18-21-13)15(2,3)4)16-10-5-6-11-12(7-10)20-8-19-11/h5-7,9,16H,8H2,1-4H3/t9-/m1/s1. The number of nitrogens with one attached hydrogen (secondary N) is 1. The van der Waals surface area contributed by atoms with Gasteiger partial charge in [0.15, 0.2) is 17.3 Å². The van der Waals surface area contributed by atoms with Crippen LogP contribution in [0.5, 0.6) is 11.5 Å². The van der Waals surface area contributed by atoms with Gasteiger partial charge in [0.05, 0.1) is 0 Å². The van der Waals surface area contributed by atoms with E-state index >= 15 is 0 Å².